The van der Waals surface area contributed by atoms with Crippen molar-refractivity contribution in [3.8, 4) is 0 Å². The fraction of sp³-hybridized carbons (Fsp3) is 0. The Morgan fingerprint density at radius 1 is 1.29 bits per heavy atom. The van der Waals surface area contributed by atoms with Gasteiger partial charge in [0.2, 0.25) is 0 Å². The summed E-state index contributed by atoms with van der Waals surface area (Å²) in [4.78, 5) is 2.85. The van der Waals surface area contributed by atoms with Crippen molar-refractivity contribution in [2.75, 3.05) is 0 Å². The van der Waals surface area contributed by atoms with Gasteiger partial charge in [0, 0.05) is 32.8 Å². The van der Waals surface area contributed by atoms with E-state index in [1.54, 1.807) is 18.2 Å². The topological polar surface area (TPSA) is 49.9 Å². The first-order valence-corrected chi connectivity index (χ1v) is 6.38. The number of rotatable bonds is 1. The van der Waals surface area contributed by atoms with Gasteiger partial charge in [-0.15, -0.1) is 0 Å². The van der Waals surface area contributed by atoms with Crippen LogP contribution < -0.4 is 0 Å². The van der Waals surface area contributed by atoms with Crippen LogP contribution in [0.2, 0.25) is 5.02 Å². The molecule has 0 radical (unpaired) electrons. The maximum Gasteiger partial charge on any atom is 0.263 e. The van der Waals surface area contributed by atoms with E-state index in [0.29, 0.717) is 15.9 Å². The third kappa shape index (κ3) is 1.61. The van der Waals surface area contributed by atoms with Gasteiger partial charge in [-0.1, -0.05) is 11.6 Å². The summed E-state index contributed by atoms with van der Waals surface area (Å²) in [5, 5.41) is 0.978. The predicted molar refractivity (Wildman–Crippen MR) is 56.3 cm³/mol. The third-order valence-electron chi connectivity index (χ3n) is 1.87. The number of hydrogen-bond acceptors (Lipinski definition) is 2. The predicted octanol–water partition coefficient (Wildman–Crippen LogP) is 2.75. The lowest BCUT2D eigenvalue weighted by molar-refractivity contribution is 0.610. The van der Waals surface area contributed by atoms with Gasteiger partial charge in [0.25, 0.3) is 9.05 Å². The van der Waals surface area contributed by atoms with E-state index in [9.17, 15) is 8.42 Å². The number of aromatic nitrogens is 1. The highest BCUT2D eigenvalue weighted by Crippen LogP contribution is 2.27. The molecule has 2 aromatic rings. The second kappa shape index (κ2) is 3.15. The van der Waals surface area contributed by atoms with E-state index >= 15 is 0 Å². The summed E-state index contributed by atoms with van der Waals surface area (Å²) in [6.45, 7) is 0. The maximum atomic E-state index is 11.1. The van der Waals surface area contributed by atoms with Gasteiger partial charge in [-0.2, -0.15) is 0 Å². The quantitative estimate of drug-likeness (QED) is 0.791. The van der Waals surface area contributed by atoms with E-state index in [1.165, 1.54) is 6.20 Å². The minimum atomic E-state index is -3.72. The van der Waals surface area contributed by atoms with Gasteiger partial charge < -0.3 is 4.98 Å². The lowest BCUT2D eigenvalue weighted by atomic mass is 10.2. The molecule has 14 heavy (non-hydrogen) atoms. The Morgan fingerprint density at radius 3 is 2.64 bits per heavy atom. The standard InChI is InChI=1S/C8H5Cl2NO2S/c9-5-1-2-7-6(3-5)8(4-11-7)14(10,12)13/h1-4,11H. The Labute approximate surface area is 90.1 Å². The summed E-state index contributed by atoms with van der Waals surface area (Å²) in [5.41, 5.74) is 0.689. The van der Waals surface area contributed by atoms with Crippen LogP contribution in [0.3, 0.4) is 0 Å². The van der Waals surface area contributed by atoms with Gasteiger partial charge in [0.15, 0.2) is 0 Å². The summed E-state index contributed by atoms with van der Waals surface area (Å²) >= 11 is 5.75. The summed E-state index contributed by atoms with van der Waals surface area (Å²) in [6, 6.07) is 4.93. The monoisotopic (exact) mass is 249 g/mol. The molecule has 1 aromatic carbocycles. The molecular formula is C8H5Cl2NO2S. The van der Waals surface area contributed by atoms with Gasteiger partial charge >= 0.3 is 0 Å². The minimum absolute atomic E-state index is 0.0525. The van der Waals surface area contributed by atoms with Crippen molar-refractivity contribution in [1.29, 1.82) is 0 Å². The molecule has 0 amide bonds. The molecule has 1 aromatic heterocycles. The van der Waals surface area contributed by atoms with Gasteiger partial charge in [0.1, 0.15) is 4.90 Å². The first-order chi connectivity index (χ1) is 6.48. The highest BCUT2D eigenvalue weighted by molar-refractivity contribution is 8.14. The minimum Gasteiger partial charge on any atom is -0.360 e. The molecule has 3 nitrogen and oxygen atoms in total. The molecule has 0 saturated carbocycles. The molecule has 74 valence electrons. The summed E-state index contributed by atoms with van der Waals surface area (Å²) < 4.78 is 22.2. The molecule has 0 bridgehead atoms. The van der Waals surface area contributed by atoms with E-state index in [4.69, 9.17) is 22.3 Å². The Bertz CT molecular complexity index is 588. The van der Waals surface area contributed by atoms with E-state index in [-0.39, 0.29) is 4.90 Å². The number of hydrogen-bond donors (Lipinski definition) is 1. The Balaban J connectivity index is 2.87. The molecular weight excluding hydrogens is 245 g/mol. The third-order valence-corrected chi connectivity index (χ3v) is 3.47. The Hall–Kier alpha value is -0.710. The van der Waals surface area contributed by atoms with Crippen LogP contribution in [0.5, 0.6) is 0 Å². The van der Waals surface area contributed by atoms with Crippen molar-refractivity contribution in [1.82, 2.24) is 4.98 Å². The largest absolute Gasteiger partial charge is 0.360 e. The zero-order chi connectivity index (χ0) is 10.3. The van der Waals surface area contributed by atoms with E-state index in [1.807, 2.05) is 0 Å². The van der Waals surface area contributed by atoms with Crippen LogP contribution >= 0.6 is 22.3 Å². The smallest absolute Gasteiger partial charge is 0.263 e. The molecule has 0 saturated heterocycles. The van der Waals surface area contributed by atoms with Crippen molar-refractivity contribution in [2.45, 2.75) is 4.90 Å². The van der Waals surface area contributed by atoms with Crippen LogP contribution in [0, 0.1) is 0 Å². The lowest BCUT2D eigenvalue weighted by Crippen LogP contribution is -1.87. The molecule has 1 heterocycles. The van der Waals surface area contributed by atoms with Gasteiger partial charge in [-0.25, -0.2) is 8.42 Å². The zero-order valence-electron chi connectivity index (χ0n) is 6.79. The molecule has 0 unspecified atom stereocenters. The molecule has 0 aliphatic carbocycles. The fourth-order valence-corrected chi connectivity index (χ4v) is 2.46. The van der Waals surface area contributed by atoms with E-state index in [2.05, 4.69) is 4.98 Å². The van der Waals surface area contributed by atoms with Gasteiger partial charge in [-0.3, -0.25) is 0 Å². The van der Waals surface area contributed by atoms with Crippen molar-refractivity contribution >= 4 is 42.2 Å². The molecule has 0 atom stereocenters. The van der Waals surface area contributed by atoms with Gasteiger partial charge in [0.05, 0.1) is 0 Å². The van der Waals surface area contributed by atoms with Crippen molar-refractivity contribution in [3.63, 3.8) is 0 Å². The average molecular weight is 250 g/mol. The van der Waals surface area contributed by atoms with E-state index < -0.39 is 9.05 Å². The number of benzene rings is 1. The van der Waals surface area contributed by atoms with Crippen LogP contribution in [-0.4, -0.2) is 13.4 Å². The van der Waals surface area contributed by atoms with E-state index in [0.717, 1.165) is 0 Å². The maximum absolute atomic E-state index is 11.1. The average Bonchev–Trinajstić information content (AvgIpc) is 2.45. The normalized spacial score (nSPS) is 12.1. The number of aromatic amines is 1. The van der Waals surface area contributed by atoms with Crippen LogP contribution in [0.15, 0.2) is 29.3 Å². The molecule has 0 aliphatic heterocycles. The van der Waals surface area contributed by atoms with Crippen LogP contribution in [0.1, 0.15) is 0 Å². The highest BCUT2D eigenvalue weighted by Gasteiger charge is 2.15. The number of fused-ring (bicyclic) bond motifs is 1. The first-order valence-electron chi connectivity index (χ1n) is 3.70. The second-order valence-corrected chi connectivity index (χ2v) is 5.75. The number of halogens is 2. The Kier molecular flexibility index (Phi) is 2.21. The number of H-pyrrole nitrogens is 1. The molecule has 0 aliphatic rings. The SMILES string of the molecule is O=S(=O)(Cl)c1c[nH]c2ccc(Cl)cc12. The molecule has 1 N–H and O–H groups in total. The van der Waals surface area contributed by atoms with Crippen LogP contribution in [0.4, 0.5) is 0 Å². The summed E-state index contributed by atoms with van der Waals surface area (Å²) in [7, 11) is 1.52. The Morgan fingerprint density at radius 2 is 2.00 bits per heavy atom. The zero-order valence-corrected chi connectivity index (χ0v) is 9.12. The highest BCUT2D eigenvalue weighted by atomic mass is 35.7. The summed E-state index contributed by atoms with van der Waals surface area (Å²) in [5.74, 6) is 0. The van der Waals surface area contributed by atoms with Crippen molar-refractivity contribution < 1.29 is 8.42 Å². The first kappa shape index (κ1) is 9.83. The van der Waals surface area contributed by atoms with Gasteiger partial charge in [-0.05, 0) is 18.2 Å². The van der Waals surface area contributed by atoms with Crippen molar-refractivity contribution in [2.24, 2.45) is 0 Å². The van der Waals surface area contributed by atoms with Crippen LogP contribution in [0.25, 0.3) is 10.9 Å². The number of nitrogens with one attached hydrogen (secondary N) is 1. The molecule has 2 rings (SSSR count). The molecule has 0 spiro atoms. The van der Waals surface area contributed by atoms with Crippen molar-refractivity contribution in [3.05, 3.63) is 29.4 Å². The second-order valence-electron chi connectivity index (χ2n) is 2.78. The molecule has 0 fully saturated rings. The summed E-state index contributed by atoms with van der Waals surface area (Å²) in [6.07, 6.45) is 1.35. The molecule has 6 heteroatoms. The fourth-order valence-electron chi connectivity index (χ4n) is 1.27. The lowest BCUT2D eigenvalue weighted by Gasteiger charge is -1.94. The van der Waals surface area contributed by atoms with Crippen LogP contribution in [-0.2, 0) is 9.05 Å².